The van der Waals surface area contributed by atoms with Gasteiger partial charge in [-0.3, -0.25) is 4.98 Å². The monoisotopic (exact) mass is 445 g/mol. The van der Waals surface area contributed by atoms with Crippen molar-refractivity contribution in [3.63, 3.8) is 0 Å². The lowest BCUT2D eigenvalue weighted by Gasteiger charge is -2.28. The van der Waals surface area contributed by atoms with E-state index in [1.165, 1.54) is 29.5 Å². The third kappa shape index (κ3) is 4.01. The minimum absolute atomic E-state index is 0.399. The van der Waals surface area contributed by atoms with Crippen molar-refractivity contribution in [1.29, 1.82) is 0 Å². The molecule has 5 rings (SSSR count). The van der Waals surface area contributed by atoms with Crippen LogP contribution in [0.2, 0.25) is 5.02 Å². The van der Waals surface area contributed by atoms with Crippen molar-refractivity contribution in [2.45, 2.75) is 25.7 Å². The fourth-order valence-corrected chi connectivity index (χ4v) is 5.02. The minimum Gasteiger partial charge on any atom is -0.497 e. The highest BCUT2D eigenvalue weighted by molar-refractivity contribution is 6.30. The first-order chi connectivity index (χ1) is 15.6. The summed E-state index contributed by atoms with van der Waals surface area (Å²) in [5, 5.41) is 5.48. The van der Waals surface area contributed by atoms with Crippen molar-refractivity contribution >= 4 is 22.5 Å². The van der Waals surface area contributed by atoms with Crippen molar-refractivity contribution in [1.82, 2.24) is 15.3 Å². The summed E-state index contributed by atoms with van der Waals surface area (Å²) in [5.41, 5.74) is 6.92. The molecule has 2 N–H and O–H groups in total. The molecule has 2 aromatic carbocycles. The molecule has 4 aromatic rings. The molecule has 0 saturated carbocycles. The van der Waals surface area contributed by atoms with E-state index in [0.717, 1.165) is 46.1 Å². The summed E-state index contributed by atoms with van der Waals surface area (Å²) < 4.78 is 5.55. The number of pyridine rings is 1. The minimum atomic E-state index is 0.399. The molecule has 0 bridgehead atoms. The fraction of sp³-hybridized carbons (Fsp3) is 0.296. The fourth-order valence-electron chi connectivity index (χ4n) is 4.89. The van der Waals surface area contributed by atoms with E-state index in [1.54, 1.807) is 7.11 Å². The van der Waals surface area contributed by atoms with E-state index in [2.05, 4.69) is 40.4 Å². The van der Waals surface area contributed by atoms with E-state index in [9.17, 15) is 0 Å². The standard InChI is InChI=1S/C27H28ClN3O/c1-17(19-4-3-11-29-14-19)27-26(24-13-23(32-2)9-10-25(24)31-27)21-12-20(15-30-16-21)18-5-7-22(28)8-6-18/h5-10,12-13,15-17,19,29,31H,3-4,11,14H2,1-2H3. The van der Waals surface area contributed by atoms with Crippen LogP contribution in [0.1, 0.15) is 31.4 Å². The topological polar surface area (TPSA) is 49.9 Å². The van der Waals surface area contributed by atoms with Gasteiger partial charge in [0.05, 0.1) is 7.11 Å². The quantitative estimate of drug-likeness (QED) is 0.361. The van der Waals surface area contributed by atoms with E-state index in [-0.39, 0.29) is 0 Å². The molecule has 2 atom stereocenters. The molecule has 1 aliphatic rings. The van der Waals surface area contributed by atoms with Gasteiger partial charge in [0.25, 0.3) is 0 Å². The van der Waals surface area contributed by atoms with Crippen molar-refractivity contribution in [2.24, 2.45) is 5.92 Å². The molecular weight excluding hydrogens is 418 g/mol. The molecule has 1 fully saturated rings. The Labute approximate surface area is 194 Å². The molecule has 164 valence electrons. The Morgan fingerprint density at radius 1 is 1.03 bits per heavy atom. The molecule has 0 amide bonds. The maximum absolute atomic E-state index is 6.10. The number of aromatic amines is 1. The van der Waals surface area contributed by atoms with Gasteiger partial charge in [-0.1, -0.05) is 30.7 Å². The predicted octanol–water partition coefficient (Wildman–Crippen LogP) is 6.66. The number of rotatable bonds is 5. The average Bonchev–Trinajstić information content (AvgIpc) is 3.23. The number of aromatic nitrogens is 2. The van der Waals surface area contributed by atoms with Crippen LogP contribution in [0.3, 0.4) is 0 Å². The number of halogens is 1. The lowest BCUT2D eigenvalue weighted by Crippen LogP contribution is -2.32. The SMILES string of the molecule is COc1ccc2[nH]c(C(C)C3CCCNC3)c(-c3cncc(-c4ccc(Cl)cc4)c3)c2c1. The van der Waals surface area contributed by atoms with Gasteiger partial charge in [-0.05, 0) is 73.8 Å². The normalized spacial score (nSPS) is 17.4. The summed E-state index contributed by atoms with van der Waals surface area (Å²) >= 11 is 6.10. The van der Waals surface area contributed by atoms with Crippen molar-refractivity contribution in [2.75, 3.05) is 20.2 Å². The first-order valence-electron chi connectivity index (χ1n) is 11.3. The molecule has 1 saturated heterocycles. The van der Waals surface area contributed by atoms with Crippen LogP contribution in [-0.2, 0) is 0 Å². The number of ether oxygens (including phenoxy) is 1. The Hall–Kier alpha value is -2.82. The largest absolute Gasteiger partial charge is 0.497 e. The molecule has 0 spiro atoms. The number of nitrogens with one attached hydrogen (secondary N) is 2. The molecule has 3 heterocycles. The van der Waals surface area contributed by atoms with Crippen molar-refractivity contribution in [3.05, 3.63) is 71.6 Å². The zero-order chi connectivity index (χ0) is 22.1. The van der Waals surface area contributed by atoms with Crippen LogP contribution in [-0.4, -0.2) is 30.2 Å². The van der Waals surface area contributed by atoms with Crippen LogP contribution >= 0.6 is 11.6 Å². The zero-order valence-corrected chi connectivity index (χ0v) is 19.2. The van der Waals surface area contributed by atoms with Gasteiger partial charge in [0, 0.05) is 56.6 Å². The van der Waals surface area contributed by atoms with Gasteiger partial charge in [0.1, 0.15) is 5.75 Å². The molecular formula is C27H28ClN3O. The average molecular weight is 446 g/mol. The summed E-state index contributed by atoms with van der Waals surface area (Å²) in [4.78, 5) is 8.36. The van der Waals surface area contributed by atoms with Gasteiger partial charge in [-0.15, -0.1) is 0 Å². The van der Waals surface area contributed by atoms with Crippen LogP contribution < -0.4 is 10.1 Å². The Morgan fingerprint density at radius 3 is 2.59 bits per heavy atom. The maximum Gasteiger partial charge on any atom is 0.119 e. The molecule has 32 heavy (non-hydrogen) atoms. The van der Waals surface area contributed by atoms with E-state index >= 15 is 0 Å². The number of nitrogens with zero attached hydrogens (tertiary/aromatic N) is 1. The maximum atomic E-state index is 6.10. The third-order valence-corrected chi connectivity index (χ3v) is 6.99. The first kappa shape index (κ1) is 21.0. The van der Waals surface area contributed by atoms with Crippen LogP contribution in [0, 0.1) is 5.92 Å². The van der Waals surface area contributed by atoms with Gasteiger partial charge in [0.15, 0.2) is 0 Å². The second kappa shape index (κ2) is 8.97. The highest BCUT2D eigenvalue weighted by atomic mass is 35.5. The number of hydrogen-bond donors (Lipinski definition) is 2. The highest BCUT2D eigenvalue weighted by Gasteiger charge is 2.26. The predicted molar refractivity (Wildman–Crippen MR) is 133 cm³/mol. The van der Waals surface area contributed by atoms with Crippen molar-refractivity contribution < 1.29 is 4.74 Å². The van der Waals surface area contributed by atoms with Crippen LogP contribution in [0.25, 0.3) is 33.2 Å². The number of methoxy groups -OCH3 is 1. The lowest BCUT2D eigenvalue weighted by atomic mass is 9.83. The Balaban J connectivity index is 1.66. The van der Waals surface area contributed by atoms with Gasteiger partial charge >= 0.3 is 0 Å². The summed E-state index contributed by atoms with van der Waals surface area (Å²) in [6.45, 7) is 4.52. The molecule has 0 aliphatic carbocycles. The number of fused-ring (bicyclic) bond motifs is 1. The van der Waals surface area contributed by atoms with Crippen LogP contribution in [0.5, 0.6) is 5.75 Å². The molecule has 2 unspecified atom stereocenters. The second-order valence-corrected chi connectivity index (χ2v) is 9.13. The second-order valence-electron chi connectivity index (χ2n) is 8.69. The molecule has 1 aliphatic heterocycles. The van der Waals surface area contributed by atoms with E-state index < -0.39 is 0 Å². The molecule has 4 nitrogen and oxygen atoms in total. The summed E-state index contributed by atoms with van der Waals surface area (Å²) in [5.74, 6) is 1.86. The zero-order valence-electron chi connectivity index (χ0n) is 18.5. The van der Waals surface area contributed by atoms with Gasteiger partial charge in [-0.2, -0.15) is 0 Å². The molecule has 5 heteroatoms. The van der Waals surface area contributed by atoms with Crippen molar-refractivity contribution in [3.8, 4) is 28.0 Å². The van der Waals surface area contributed by atoms with E-state index in [1.807, 2.05) is 42.7 Å². The van der Waals surface area contributed by atoms with Crippen LogP contribution in [0.15, 0.2) is 60.9 Å². The van der Waals surface area contributed by atoms with Gasteiger partial charge < -0.3 is 15.0 Å². The Bertz CT molecular complexity index is 1230. The number of benzene rings is 2. The Kier molecular flexibility index (Phi) is 5.90. The van der Waals surface area contributed by atoms with Crippen LogP contribution in [0.4, 0.5) is 0 Å². The number of piperidine rings is 1. The van der Waals surface area contributed by atoms with Gasteiger partial charge in [-0.25, -0.2) is 0 Å². The Morgan fingerprint density at radius 2 is 1.84 bits per heavy atom. The lowest BCUT2D eigenvalue weighted by molar-refractivity contribution is 0.332. The summed E-state index contributed by atoms with van der Waals surface area (Å²) in [7, 11) is 1.72. The van der Waals surface area contributed by atoms with Gasteiger partial charge in [0.2, 0.25) is 0 Å². The third-order valence-electron chi connectivity index (χ3n) is 6.74. The number of hydrogen-bond acceptors (Lipinski definition) is 3. The molecule has 0 radical (unpaired) electrons. The summed E-state index contributed by atoms with van der Waals surface area (Å²) in [6.07, 6.45) is 6.36. The first-order valence-corrected chi connectivity index (χ1v) is 11.6. The smallest absolute Gasteiger partial charge is 0.119 e. The van der Waals surface area contributed by atoms with E-state index in [4.69, 9.17) is 16.3 Å². The van der Waals surface area contributed by atoms with E-state index in [0.29, 0.717) is 11.8 Å². The molecule has 2 aromatic heterocycles. The summed E-state index contributed by atoms with van der Waals surface area (Å²) in [6, 6.07) is 16.4. The number of H-pyrrole nitrogens is 1. The highest BCUT2D eigenvalue weighted by Crippen LogP contribution is 2.41.